The van der Waals surface area contributed by atoms with Crippen molar-refractivity contribution in [3.05, 3.63) is 29.8 Å². The molecule has 3 heteroatoms. The second-order valence-electron chi connectivity index (χ2n) is 2.58. The number of rotatable bonds is 2. The summed E-state index contributed by atoms with van der Waals surface area (Å²) in [6, 6.07) is 8.48. The normalized spacial score (nSPS) is 11.6. The van der Waals surface area contributed by atoms with E-state index in [9.17, 15) is 0 Å². The Kier molecular flexibility index (Phi) is 3.76. The summed E-state index contributed by atoms with van der Waals surface area (Å²) in [5.41, 5.74) is 1.29. The van der Waals surface area contributed by atoms with Gasteiger partial charge in [0.15, 0.2) is 0 Å². The standard InChI is InChI=1S/C8H10Cl2Ge/c1-6-2-4-7(5-3-6)11-8(9)10/h2-5,8H,11H2,1H3. The molecule has 60 valence electrons. The quantitative estimate of drug-likeness (QED) is 0.551. The molecule has 0 heterocycles. The predicted octanol–water partition coefficient (Wildman–Crippen LogP) is 1.55. The first-order valence-electron chi connectivity index (χ1n) is 3.52. The topological polar surface area (TPSA) is 0 Å². The SMILES string of the molecule is Cc1cc[c]([GeH2][CH](Cl)Cl)cc1. The summed E-state index contributed by atoms with van der Waals surface area (Å²) in [4.78, 5) is 0. The predicted molar refractivity (Wildman–Crippen MR) is 54.9 cm³/mol. The summed E-state index contributed by atoms with van der Waals surface area (Å²) in [7, 11) is 0. The molecule has 1 aromatic carbocycles. The van der Waals surface area contributed by atoms with Crippen molar-refractivity contribution in [2.45, 2.75) is 10.6 Å². The van der Waals surface area contributed by atoms with Gasteiger partial charge in [-0.3, -0.25) is 0 Å². The zero-order valence-electron chi connectivity index (χ0n) is 6.35. The molecule has 0 nitrogen and oxygen atoms in total. The van der Waals surface area contributed by atoms with Crippen molar-refractivity contribution in [3.63, 3.8) is 0 Å². The molecule has 0 atom stereocenters. The van der Waals surface area contributed by atoms with Gasteiger partial charge in [-0.05, 0) is 0 Å². The fourth-order valence-electron chi connectivity index (χ4n) is 0.902. The molecule has 0 unspecified atom stereocenters. The van der Waals surface area contributed by atoms with Crippen LogP contribution < -0.4 is 4.40 Å². The molecular weight excluding hydrogens is 240 g/mol. The van der Waals surface area contributed by atoms with Gasteiger partial charge in [-0.2, -0.15) is 0 Å². The summed E-state index contributed by atoms with van der Waals surface area (Å²) < 4.78 is 1.27. The molecule has 1 aromatic rings. The Morgan fingerprint density at radius 3 is 2.18 bits per heavy atom. The summed E-state index contributed by atoms with van der Waals surface area (Å²) in [6.45, 7) is 2.08. The van der Waals surface area contributed by atoms with Crippen LogP contribution in [0.15, 0.2) is 24.3 Å². The minimum absolute atomic E-state index is 0.106. The van der Waals surface area contributed by atoms with Crippen LogP contribution in [0.3, 0.4) is 0 Å². The van der Waals surface area contributed by atoms with Gasteiger partial charge in [0.1, 0.15) is 0 Å². The summed E-state index contributed by atoms with van der Waals surface area (Å²) in [5, 5.41) is 0. The molecule has 0 saturated heterocycles. The molecule has 0 aromatic heterocycles. The Morgan fingerprint density at radius 2 is 1.73 bits per heavy atom. The third-order valence-electron chi connectivity index (χ3n) is 1.51. The molecule has 0 aliphatic rings. The van der Waals surface area contributed by atoms with E-state index in [4.69, 9.17) is 23.2 Å². The number of halogens is 2. The van der Waals surface area contributed by atoms with E-state index in [1.54, 1.807) is 0 Å². The van der Waals surface area contributed by atoms with Gasteiger partial charge in [-0.25, -0.2) is 0 Å². The van der Waals surface area contributed by atoms with Crippen molar-refractivity contribution in [1.82, 2.24) is 0 Å². The Morgan fingerprint density at radius 1 is 1.18 bits per heavy atom. The average Bonchev–Trinajstić information content (AvgIpc) is 1.93. The van der Waals surface area contributed by atoms with E-state index in [1.165, 1.54) is 9.96 Å². The third kappa shape index (κ3) is 3.50. The van der Waals surface area contributed by atoms with Gasteiger partial charge in [0.25, 0.3) is 0 Å². The maximum atomic E-state index is 5.70. The molecule has 0 radical (unpaired) electrons. The Hall–Kier alpha value is 0.343. The van der Waals surface area contributed by atoms with Crippen LogP contribution in [-0.4, -0.2) is 19.1 Å². The van der Waals surface area contributed by atoms with Crippen LogP contribution in [0, 0.1) is 6.92 Å². The molecule has 0 bridgehead atoms. The first kappa shape index (κ1) is 9.43. The second-order valence-corrected chi connectivity index (χ2v) is 10.3. The van der Waals surface area contributed by atoms with Gasteiger partial charge in [0.2, 0.25) is 0 Å². The van der Waals surface area contributed by atoms with Gasteiger partial charge < -0.3 is 0 Å². The van der Waals surface area contributed by atoms with Gasteiger partial charge in [0, 0.05) is 0 Å². The maximum absolute atomic E-state index is 5.70. The molecule has 0 aliphatic heterocycles. The van der Waals surface area contributed by atoms with Crippen molar-refractivity contribution in [2.75, 3.05) is 0 Å². The summed E-state index contributed by atoms with van der Waals surface area (Å²) >= 11 is 10.5. The first-order chi connectivity index (χ1) is 5.18. The molecule has 0 N–H and O–H groups in total. The summed E-state index contributed by atoms with van der Waals surface area (Å²) in [5.74, 6) is 0. The number of alkyl halides is 2. The molecular formula is C8H10Cl2Ge. The van der Waals surface area contributed by atoms with E-state index >= 15 is 0 Å². The Balaban J connectivity index is 2.66. The van der Waals surface area contributed by atoms with Crippen molar-refractivity contribution >= 4 is 43.0 Å². The number of hydrogen-bond donors (Lipinski definition) is 0. The van der Waals surface area contributed by atoms with E-state index < -0.39 is 15.4 Å². The Labute approximate surface area is 83.4 Å². The molecule has 0 saturated carbocycles. The number of hydrogen-bond acceptors (Lipinski definition) is 0. The zero-order valence-corrected chi connectivity index (χ0v) is 10.8. The van der Waals surface area contributed by atoms with Crippen molar-refractivity contribution in [1.29, 1.82) is 0 Å². The van der Waals surface area contributed by atoms with Crippen LogP contribution >= 0.6 is 23.2 Å². The fraction of sp³-hybridized carbons (Fsp3) is 0.250. The van der Waals surface area contributed by atoms with Crippen molar-refractivity contribution in [2.24, 2.45) is 0 Å². The molecule has 0 aliphatic carbocycles. The molecule has 0 amide bonds. The minimum atomic E-state index is -0.877. The van der Waals surface area contributed by atoms with Crippen molar-refractivity contribution in [3.8, 4) is 0 Å². The van der Waals surface area contributed by atoms with E-state index in [0.717, 1.165) is 0 Å². The van der Waals surface area contributed by atoms with E-state index in [-0.39, 0.29) is 3.67 Å². The number of aryl methyl sites for hydroxylation is 1. The first-order valence-corrected chi connectivity index (χ1v) is 7.59. The Bertz CT molecular complexity index is 218. The van der Waals surface area contributed by atoms with Crippen LogP contribution in [0.1, 0.15) is 5.56 Å². The fourth-order valence-corrected chi connectivity index (χ4v) is 4.57. The van der Waals surface area contributed by atoms with Crippen LogP contribution in [0.5, 0.6) is 0 Å². The average molecular weight is 250 g/mol. The van der Waals surface area contributed by atoms with E-state index in [0.29, 0.717) is 0 Å². The van der Waals surface area contributed by atoms with Crippen LogP contribution in [-0.2, 0) is 0 Å². The molecule has 1 rings (SSSR count). The molecule has 0 fully saturated rings. The number of benzene rings is 1. The van der Waals surface area contributed by atoms with Gasteiger partial charge in [-0.15, -0.1) is 0 Å². The van der Waals surface area contributed by atoms with Gasteiger partial charge in [0.05, 0.1) is 0 Å². The van der Waals surface area contributed by atoms with E-state index in [2.05, 4.69) is 31.2 Å². The summed E-state index contributed by atoms with van der Waals surface area (Å²) in [6.07, 6.45) is 0. The van der Waals surface area contributed by atoms with Gasteiger partial charge >= 0.3 is 83.5 Å². The molecule has 11 heavy (non-hydrogen) atoms. The van der Waals surface area contributed by atoms with Gasteiger partial charge in [-0.1, -0.05) is 0 Å². The second kappa shape index (κ2) is 4.39. The molecule has 0 spiro atoms. The van der Waals surface area contributed by atoms with E-state index in [1.807, 2.05) is 0 Å². The van der Waals surface area contributed by atoms with Crippen LogP contribution in [0.4, 0.5) is 0 Å². The van der Waals surface area contributed by atoms with Crippen molar-refractivity contribution < 1.29 is 0 Å². The van der Waals surface area contributed by atoms with Crippen LogP contribution in [0.2, 0.25) is 0 Å². The monoisotopic (exact) mass is 250 g/mol. The van der Waals surface area contributed by atoms with Crippen LogP contribution in [0.25, 0.3) is 0 Å². The zero-order chi connectivity index (χ0) is 8.27. The third-order valence-corrected chi connectivity index (χ3v) is 5.74.